The van der Waals surface area contributed by atoms with Gasteiger partial charge in [0.25, 0.3) is 5.56 Å². The minimum absolute atomic E-state index is 0.0000643. The van der Waals surface area contributed by atoms with Crippen LogP contribution in [0.15, 0.2) is 23.0 Å². The van der Waals surface area contributed by atoms with E-state index in [0.717, 1.165) is 11.4 Å². The predicted molar refractivity (Wildman–Crippen MR) is 71.0 cm³/mol. The van der Waals surface area contributed by atoms with Crippen molar-refractivity contribution >= 4 is 11.6 Å². The summed E-state index contributed by atoms with van der Waals surface area (Å²) in [6.45, 7) is 4.42. The molecule has 0 bridgehead atoms. The Morgan fingerprint density at radius 2 is 2.16 bits per heavy atom. The van der Waals surface area contributed by atoms with Crippen LogP contribution in [0.25, 0.3) is 5.65 Å². The van der Waals surface area contributed by atoms with Crippen LogP contribution in [0.4, 0.5) is 0 Å². The lowest BCUT2D eigenvalue weighted by molar-refractivity contribution is -0.129. The second-order valence-electron chi connectivity index (χ2n) is 4.89. The van der Waals surface area contributed by atoms with Crippen LogP contribution in [0.2, 0.25) is 0 Å². The monoisotopic (exact) mass is 257 g/mol. The van der Waals surface area contributed by atoms with E-state index in [-0.39, 0.29) is 11.5 Å². The molecule has 0 atom stereocenters. The van der Waals surface area contributed by atoms with Crippen LogP contribution in [0.1, 0.15) is 23.9 Å². The van der Waals surface area contributed by atoms with Crippen molar-refractivity contribution in [2.45, 2.75) is 26.8 Å². The fourth-order valence-electron chi connectivity index (χ4n) is 2.56. The molecule has 98 valence electrons. The van der Waals surface area contributed by atoms with Gasteiger partial charge in [0, 0.05) is 25.6 Å². The molecule has 0 spiro atoms. The number of carbonyl (C=O) groups is 1. The highest BCUT2D eigenvalue weighted by atomic mass is 16.2. The largest absolute Gasteiger partial charge is 0.338 e. The molecular formula is C14H15N3O2. The summed E-state index contributed by atoms with van der Waals surface area (Å²) in [6, 6.07) is 5.62. The number of hydrogen-bond donors (Lipinski definition) is 0. The average molecular weight is 257 g/mol. The zero-order valence-electron chi connectivity index (χ0n) is 11.0. The molecular weight excluding hydrogens is 242 g/mol. The highest BCUT2D eigenvalue weighted by Gasteiger charge is 2.23. The number of amides is 1. The van der Waals surface area contributed by atoms with E-state index < -0.39 is 0 Å². The van der Waals surface area contributed by atoms with Gasteiger partial charge >= 0.3 is 0 Å². The number of pyridine rings is 1. The standard InChI is InChI=1S/C14H15N3O2/c1-9-4-3-5-13-15-12-6-7-16(10(2)18)8-11(12)14(19)17(9)13/h3-5H,6-8H2,1-2H3. The van der Waals surface area contributed by atoms with E-state index in [9.17, 15) is 9.59 Å². The molecule has 5 nitrogen and oxygen atoms in total. The maximum Gasteiger partial charge on any atom is 0.263 e. The molecule has 0 N–H and O–H groups in total. The molecule has 0 radical (unpaired) electrons. The van der Waals surface area contributed by atoms with E-state index in [1.54, 1.807) is 9.30 Å². The Hall–Kier alpha value is -2.17. The van der Waals surface area contributed by atoms with Crippen LogP contribution < -0.4 is 5.56 Å². The summed E-state index contributed by atoms with van der Waals surface area (Å²) in [7, 11) is 0. The lowest BCUT2D eigenvalue weighted by Crippen LogP contribution is -2.39. The van der Waals surface area contributed by atoms with E-state index in [0.29, 0.717) is 30.7 Å². The number of fused-ring (bicyclic) bond motifs is 2. The van der Waals surface area contributed by atoms with E-state index in [4.69, 9.17) is 0 Å². The molecule has 0 fully saturated rings. The summed E-state index contributed by atoms with van der Waals surface area (Å²) in [6.07, 6.45) is 0.647. The van der Waals surface area contributed by atoms with E-state index in [1.165, 1.54) is 6.92 Å². The molecule has 0 aliphatic carbocycles. The van der Waals surface area contributed by atoms with Crippen molar-refractivity contribution in [1.82, 2.24) is 14.3 Å². The Kier molecular flexibility index (Phi) is 2.62. The highest BCUT2D eigenvalue weighted by Crippen LogP contribution is 2.15. The Bertz CT molecular complexity index is 733. The van der Waals surface area contributed by atoms with Crippen molar-refractivity contribution in [3.05, 3.63) is 45.5 Å². The van der Waals surface area contributed by atoms with Gasteiger partial charge in [-0.3, -0.25) is 14.0 Å². The fraction of sp³-hybridized carbons (Fsp3) is 0.357. The fourth-order valence-corrected chi connectivity index (χ4v) is 2.56. The maximum atomic E-state index is 12.5. The zero-order chi connectivity index (χ0) is 13.6. The molecule has 1 aliphatic heterocycles. The first-order valence-electron chi connectivity index (χ1n) is 6.33. The Morgan fingerprint density at radius 1 is 1.37 bits per heavy atom. The van der Waals surface area contributed by atoms with Crippen molar-refractivity contribution in [3.63, 3.8) is 0 Å². The third-order valence-electron chi connectivity index (χ3n) is 3.64. The van der Waals surface area contributed by atoms with E-state index >= 15 is 0 Å². The normalized spacial score (nSPS) is 14.5. The number of aryl methyl sites for hydroxylation is 1. The number of carbonyl (C=O) groups excluding carboxylic acids is 1. The first-order chi connectivity index (χ1) is 9.08. The predicted octanol–water partition coefficient (Wildman–Crippen LogP) is 0.908. The van der Waals surface area contributed by atoms with E-state index in [2.05, 4.69) is 4.98 Å². The van der Waals surface area contributed by atoms with Crippen molar-refractivity contribution in [2.24, 2.45) is 0 Å². The third-order valence-corrected chi connectivity index (χ3v) is 3.64. The lowest BCUT2D eigenvalue weighted by atomic mass is 10.1. The van der Waals surface area contributed by atoms with Gasteiger partial charge in [0.05, 0.1) is 17.8 Å². The van der Waals surface area contributed by atoms with Crippen LogP contribution in [-0.4, -0.2) is 26.7 Å². The van der Waals surface area contributed by atoms with Crippen LogP contribution >= 0.6 is 0 Å². The molecule has 0 unspecified atom stereocenters. The molecule has 5 heteroatoms. The lowest BCUT2D eigenvalue weighted by Gasteiger charge is -2.27. The molecule has 1 aliphatic rings. The first-order valence-corrected chi connectivity index (χ1v) is 6.33. The molecule has 1 amide bonds. The van der Waals surface area contributed by atoms with Crippen LogP contribution in [0.3, 0.4) is 0 Å². The Labute approximate surface area is 110 Å². The molecule has 0 saturated carbocycles. The van der Waals surface area contributed by atoms with Gasteiger partial charge in [-0.15, -0.1) is 0 Å². The number of rotatable bonds is 0. The molecule has 2 aromatic rings. The Balaban J connectivity index is 2.25. The van der Waals surface area contributed by atoms with Crippen molar-refractivity contribution in [3.8, 4) is 0 Å². The second kappa shape index (κ2) is 4.19. The van der Waals surface area contributed by atoms with Crippen LogP contribution in [-0.2, 0) is 17.8 Å². The minimum Gasteiger partial charge on any atom is -0.338 e. The Morgan fingerprint density at radius 3 is 2.89 bits per heavy atom. The van der Waals surface area contributed by atoms with E-state index in [1.807, 2.05) is 25.1 Å². The van der Waals surface area contributed by atoms with Crippen LogP contribution in [0.5, 0.6) is 0 Å². The smallest absolute Gasteiger partial charge is 0.263 e. The number of aromatic nitrogens is 2. The summed E-state index contributed by atoms with van der Waals surface area (Å²) >= 11 is 0. The van der Waals surface area contributed by atoms with Gasteiger partial charge in [-0.2, -0.15) is 0 Å². The molecule has 19 heavy (non-hydrogen) atoms. The summed E-state index contributed by atoms with van der Waals surface area (Å²) in [4.78, 5) is 30.2. The average Bonchev–Trinajstić information content (AvgIpc) is 2.38. The van der Waals surface area contributed by atoms with Gasteiger partial charge in [0.1, 0.15) is 5.65 Å². The summed E-state index contributed by atoms with van der Waals surface area (Å²) in [5.74, 6) is -0.0000643. The topological polar surface area (TPSA) is 54.7 Å². The molecule has 2 aromatic heterocycles. The first kappa shape index (κ1) is 11.9. The van der Waals surface area contributed by atoms with Gasteiger partial charge in [0.2, 0.25) is 5.91 Å². The number of nitrogens with zero attached hydrogens (tertiary/aromatic N) is 3. The SMILES string of the molecule is CC(=O)N1CCc2nc3cccc(C)n3c(=O)c2C1. The molecule has 0 aromatic carbocycles. The highest BCUT2D eigenvalue weighted by molar-refractivity contribution is 5.73. The summed E-state index contributed by atoms with van der Waals surface area (Å²) in [5, 5.41) is 0. The maximum absolute atomic E-state index is 12.5. The summed E-state index contributed by atoms with van der Waals surface area (Å²) in [5.41, 5.74) is 2.96. The van der Waals surface area contributed by atoms with Gasteiger partial charge in [-0.1, -0.05) is 6.07 Å². The van der Waals surface area contributed by atoms with Crippen molar-refractivity contribution < 1.29 is 4.79 Å². The van der Waals surface area contributed by atoms with Gasteiger partial charge in [0.15, 0.2) is 0 Å². The summed E-state index contributed by atoms with van der Waals surface area (Å²) < 4.78 is 1.61. The van der Waals surface area contributed by atoms with Gasteiger partial charge in [-0.25, -0.2) is 4.98 Å². The van der Waals surface area contributed by atoms with Crippen molar-refractivity contribution in [1.29, 1.82) is 0 Å². The van der Waals surface area contributed by atoms with Crippen molar-refractivity contribution in [2.75, 3.05) is 6.54 Å². The number of hydrogen-bond acceptors (Lipinski definition) is 3. The second-order valence-corrected chi connectivity index (χ2v) is 4.89. The van der Waals surface area contributed by atoms with Gasteiger partial charge < -0.3 is 4.90 Å². The zero-order valence-corrected chi connectivity index (χ0v) is 11.0. The van der Waals surface area contributed by atoms with Gasteiger partial charge in [-0.05, 0) is 19.1 Å². The minimum atomic E-state index is -0.0518. The molecule has 3 heterocycles. The quantitative estimate of drug-likeness (QED) is 0.705. The van der Waals surface area contributed by atoms with Crippen LogP contribution in [0, 0.1) is 6.92 Å². The molecule has 0 saturated heterocycles. The third kappa shape index (κ3) is 1.82. The molecule has 3 rings (SSSR count).